The van der Waals surface area contributed by atoms with Crippen LogP contribution in [0.2, 0.25) is 0 Å². The van der Waals surface area contributed by atoms with E-state index in [9.17, 15) is 9.59 Å². The SMILES string of the molecule is Cc1noc2ncn(CC(=O)NC3CCCCC3)c(=O)c12. The number of aromatic nitrogens is 3. The van der Waals surface area contributed by atoms with Gasteiger partial charge in [-0.15, -0.1) is 0 Å². The van der Waals surface area contributed by atoms with Crippen molar-refractivity contribution >= 4 is 17.0 Å². The van der Waals surface area contributed by atoms with E-state index in [1.54, 1.807) is 6.92 Å². The largest absolute Gasteiger partial charge is 0.352 e. The molecule has 2 heterocycles. The van der Waals surface area contributed by atoms with Gasteiger partial charge in [0.25, 0.3) is 11.3 Å². The second-order valence-electron chi connectivity index (χ2n) is 5.53. The van der Waals surface area contributed by atoms with Crippen LogP contribution in [0.15, 0.2) is 15.6 Å². The van der Waals surface area contributed by atoms with Gasteiger partial charge in [0.1, 0.15) is 18.3 Å². The molecule has 0 radical (unpaired) electrons. The molecular weight excluding hydrogens is 272 g/mol. The highest BCUT2D eigenvalue weighted by atomic mass is 16.5. The van der Waals surface area contributed by atoms with Gasteiger partial charge in [0, 0.05) is 6.04 Å². The number of hydrogen-bond donors (Lipinski definition) is 1. The number of amides is 1. The van der Waals surface area contributed by atoms with Crippen LogP contribution in [0.4, 0.5) is 0 Å². The van der Waals surface area contributed by atoms with Crippen molar-refractivity contribution in [3.63, 3.8) is 0 Å². The smallest absolute Gasteiger partial charge is 0.267 e. The highest BCUT2D eigenvalue weighted by molar-refractivity contribution is 5.77. The molecule has 2 aromatic heterocycles. The Balaban J connectivity index is 1.75. The van der Waals surface area contributed by atoms with Crippen molar-refractivity contribution in [2.45, 2.75) is 51.6 Å². The van der Waals surface area contributed by atoms with E-state index >= 15 is 0 Å². The summed E-state index contributed by atoms with van der Waals surface area (Å²) in [4.78, 5) is 28.4. The quantitative estimate of drug-likeness (QED) is 0.915. The van der Waals surface area contributed by atoms with E-state index < -0.39 is 0 Å². The average molecular weight is 290 g/mol. The lowest BCUT2D eigenvalue weighted by Gasteiger charge is -2.22. The van der Waals surface area contributed by atoms with Crippen molar-refractivity contribution in [3.05, 3.63) is 22.4 Å². The molecule has 0 spiro atoms. The fourth-order valence-corrected chi connectivity index (χ4v) is 2.80. The van der Waals surface area contributed by atoms with Gasteiger partial charge in [-0.05, 0) is 19.8 Å². The molecule has 2 aromatic rings. The van der Waals surface area contributed by atoms with Crippen LogP contribution in [0.3, 0.4) is 0 Å². The predicted molar refractivity (Wildman–Crippen MR) is 75.8 cm³/mol. The zero-order chi connectivity index (χ0) is 14.8. The van der Waals surface area contributed by atoms with Gasteiger partial charge >= 0.3 is 0 Å². The molecule has 0 saturated heterocycles. The minimum absolute atomic E-state index is 0.0249. The van der Waals surface area contributed by atoms with Gasteiger partial charge in [-0.25, -0.2) is 4.98 Å². The molecule has 7 heteroatoms. The van der Waals surface area contributed by atoms with E-state index in [4.69, 9.17) is 4.52 Å². The third-order valence-electron chi connectivity index (χ3n) is 3.92. The second-order valence-corrected chi connectivity index (χ2v) is 5.53. The van der Waals surface area contributed by atoms with Crippen molar-refractivity contribution in [2.24, 2.45) is 0 Å². The van der Waals surface area contributed by atoms with E-state index in [0.717, 1.165) is 25.7 Å². The van der Waals surface area contributed by atoms with Gasteiger partial charge in [-0.3, -0.25) is 14.2 Å². The van der Waals surface area contributed by atoms with Crippen molar-refractivity contribution in [1.82, 2.24) is 20.0 Å². The summed E-state index contributed by atoms with van der Waals surface area (Å²) in [6.07, 6.45) is 6.90. The van der Waals surface area contributed by atoms with Crippen LogP contribution < -0.4 is 10.9 Å². The molecule has 0 unspecified atom stereocenters. The Morgan fingerprint density at radius 3 is 2.95 bits per heavy atom. The van der Waals surface area contributed by atoms with Crippen molar-refractivity contribution in [3.8, 4) is 0 Å². The number of hydrogen-bond acceptors (Lipinski definition) is 5. The van der Waals surface area contributed by atoms with Crippen molar-refractivity contribution in [2.75, 3.05) is 0 Å². The first-order valence-corrected chi connectivity index (χ1v) is 7.26. The predicted octanol–water partition coefficient (Wildman–Crippen LogP) is 1.14. The lowest BCUT2D eigenvalue weighted by Crippen LogP contribution is -2.39. The zero-order valence-corrected chi connectivity index (χ0v) is 12.0. The van der Waals surface area contributed by atoms with Gasteiger partial charge in [-0.1, -0.05) is 24.4 Å². The number of aryl methyl sites for hydroxylation is 1. The van der Waals surface area contributed by atoms with Gasteiger partial charge in [0.05, 0.1) is 5.69 Å². The lowest BCUT2D eigenvalue weighted by atomic mass is 9.95. The summed E-state index contributed by atoms with van der Waals surface area (Å²) >= 11 is 0. The number of carbonyl (C=O) groups excluding carboxylic acids is 1. The van der Waals surface area contributed by atoms with Crippen LogP contribution in [0.5, 0.6) is 0 Å². The highest BCUT2D eigenvalue weighted by Gasteiger charge is 2.17. The standard InChI is InChI=1S/C14H18N4O3/c1-9-12-13(21-17-9)15-8-18(14(12)20)7-11(19)16-10-5-3-2-4-6-10/h8,10H,2-7H2,1H3,(H,16,19). The average Bonchev–Trinajstić information content (AvgIpc) is 2.85. The summed E-state index contributed by atoms with van der Waals surface area (Å²) in [5, 5.41) is 7.04. The third kappa shape index (κ3) is 2.81. The van der Waals surface area contributed by atoms with E-state index in [-0.39, 0.29) is 29.8 Å². The summed E-state index contributed by atoms with van der Waals surface area (Å²) in [6, 6.07) is 0.232. The highest BCUT2D eigenvalue weighted by Crippen LogP contribution is 2.17. The summed E-state index contributed by atoms with van der Waals surface area (Å²) in [5.74, 6) is -0.153. The van der Waals surface area contributed by atoms with Crippen LogP contribution in [0, 0.1) is 6.92 Å². The van der Waals surface area contributed by atoms with Gasteiger partial charge in [0.15, 0.2) is 0 Å². The zero-order valence-electron chi connectivity index (χ0n) is 12.0. The Morgan fingerprint density at radius 1 is 1.43 bits per heavy atom. The van der Waals surface area contributed by atoms with Gasteiger partial charge < -0.3 is 9.84 Å². The minimum atomic E-state index is -0.294. The molecular formula is C14H18N4O3. The van der Waals surface area contributed by atoms with Gasteiger partial charge in [0.2, 0.25) is 5.91 Å². The number of nitrogens with one attached hydrogen (secondary N) is 1. The van der Waals surface area contributed by atoms with Crippen LogP contribution in [0.25, 0.3) is 11.1 Å². The minimum Gasteiger partial charge on any atom is -0.352 e. The Kier molecular flexibility index (Phi) is 3.72. The van der Waals surface area contributed by atoms with Gasteiger partial charge in [-0.2, -0.15) is 0 Å². The number of carbonyl (C=O) groups is 1. The molecule has 0 aliphatic heterocycles. The molecule has 1 saturated carbocycles. The molecule has 1 amide bonds. The molecule has 0 atom stereocenters. The molecule has 0 aromatic carbocycles. The fourth-order valence-electron chi connectivity index (χ4n) is 2.80. The first-order chi connectivity index (χ1) is 10.1. The van der Waals surface area contributed by atoms with E-state index in [1.165, 1.54) is 17.3 Å². The third-order valence-corrected chi connectivity index (χ3v) is 3.92. The molecule has 1 aliphatic carbocycles. The maximum atomic E-state index is 12.3. The molecule has 1 N–H and O–H groups in total. The number of rotatable bonds is 3. The van der Waals surface area contributed by atoms with E-state index in [2.05, 4.69) is 15.5 Å². The Hall–Kier alpha value is -2.18. The topological polar surface area (TPSA) is 90.0 Å². The van der Waals surface area contributed by atoms with E-state index in [1.807, 2.05) is 0 Å². The van der Waals surface area contributed by atoms with Crippen molar-refractivity contribution < 1.29 is 9.32 Å². The molecule has 3 rings (SSSR count). The molecule has 1 aliphatic rings. The van der Waals surface area contributed by atoms with Crippen LogP contribution >= 0.6 is 0 Å². The summed E-state index contributed by atoms with van der Waals surface area (Å²) < 4.78 is 6.23. The maximum absolute atomic E-state index is 12.3. The summed E-state index contributed by atoms with van der Waals surface area (Å²) in [5.41, 5.74) is 0.406. The van der Waals surface area contributed by atoms with Crippen LogP contribution in [-0.2, 0) is 11.3 Å². The Morgan fingerprint density at radius 2 is 2.19 bits per heavy atom. The number of nitrogens with zero attached hydrogens (tertiary/aromatic N) is 3. The van der Waals surface area contributed by atoms with Crippen LogP contribution in [0.1, 0.15) is 37.8 Å². The number of fused-ring (bicyclic) bond motifs is 1. The maximum Gasteiger partial charge on any atom is 0.267 e. The molecule has 112 valence electrons. The van der Waals surface area contributed by atoms with Crippen molar-refractivity contribution in [1.29, 1.82) is 0 Å². The molecule has 0 bridgehead atoms. The molecule has 21 heavy (non-hydrogen) atoms. The second kappa shape index (κ2) is 5.67. The van der Waals surface area contributed by atoms with Crippen LogP contribution in [-0.4, -0.2) is 26.7 Å². The Labute approximate surface area is 121 Å². The molecule has 1 fully saturated rings. The van der Waals surface area contributed by atoms with E-state index in [0.29, 0.717) is 11.1 Å². The summed E-state index contributed by atoms with van der Waals surface area (Å²) in [6.45, 7) is 1.66. The first-order valence-electron chi connectivity index (χ1n) is 7.26. The Bertz CT molecular complexity index is 713. The summed E-state index contributed by atoms with van der Waals surface area (Å²) in [7, 11) is 0. The fraction of sp³-hybridized carbons (Fsp3) is 0.571. The monoisotopic (exact) mass is 290 g/mol. The lowest BCUT2D eigenvalue weighted by molar-refractivity contribution is -0.122. The normalized spacial score (nSPS) is 16.2. The molecule has 7 nitrogen and oxygen atoms in total. The first kappa shape index (κ1) is 13.8.